The normalized spacial score (nSPS) is 14.5. The SMILES string of the molecule is CC(C)(C)c1cc2c(O)c(c1)Cc1cc(C(C)(C)C)cc3c1OCCC[n+]1ccc(cc1)-c1cc[n+](cc1)Cc1ccc(cc1)C[n+]1ccc(cc1)-c1cc[n+](cc1)CCCOc1c(cc(C(C)(C)C)cc1Cc1cc(C(C)(C)C)cc(c1O)C3)C2. The van der Waals surface area contributed by atoms with Crippen molar-refractivity contribution in [2.75, 3.05) is 13.2 Å². The predicted octanol–water partition coefficient (Wildman–Crippen LogP) is 14.8. The van der Waals surface area contributed by atoms with Gasteiger partial charge in [-0.3, -0.25) is 0 Å². The monoisotopic (exact) mass is 1150 g/mol. The first-order chi connectivity index (χ1) is 40.9. The Morgan fingerprint density at radius 2 is 0.547 bits per heavy atom. The van der Waals surface area contributed by atoms with Gasteiger partial charge in [-0.15, -0.1) is 0 Å². The molecule has 8 heteroatoms. The van der Waals surface area contributed by atoms with Crippen LogP contribution >= 0.6 is 0 Å². The summed E-state index contributed by atoms with van der Waals surface area (Å²) in [6, 6.07) is 44.7. The molecule has 4 aromatic heterocycles. The molecule has 0 saturated carbocycles. The van der Waals surface area contributed by atoms with E-state index in [2.05, 4.69) is 272 Å². The fraction of sp³-hybridized carbons (Fsp3) is 0.359. The highest BCUT2D eigenvalue weighted by molar-refractivity contribution is 5.63. The lowest BCUT2D eigenvalue weighted by Crippen LogP contribution is -2.34. The molecule has 9 aromatic rings. The Morgan fingerprint density at radius 1 is 0.314 bits per heavy atom. The summed E-state index contributed by atoms with van der Waals surface area (Å²) in [4.78, 5) is 0. The van der Waals surface area contributed by atoms with Gasteiger partial charge in [-0.05, 0) is 111 Å². The number of ether oxygens (including phenoxy) is 2. The highest BCUT2D eigenvalue weighted by Gasteiger charge is 2.29. The third kappa shape index (κ3) is 13.8. The number of aromatic hydroxyl groups is 2. The number of rotatable bonds is 0. The number of benzene rings is 5. The number of phenols is 2. The van der Waals surface area contributed by atoms with Crippen molar-refractivity contribution in [3.8, 4) is 45.3 Å². The second kappa shape index (κ2) is 24.0. The molecule has 1 aliphatic carbocycles. The van der Waals surface area contributed by atoms with Crippen molar-refractivity contribution in [3.63, 3.8) is 0 Å². The molecule has 0 fully saturated rings. The van der Waals surface area contributed by atoms with Crippen molar-refractivity contribution in [1.82, 2.24) is 0 Å². The van der Waals surface area contributed by atoms with Gasteiger partial charge in [-0.2, -0.15) is 0 Å². The van der Waals surface area contributed by atoms with Crippen LogP contribution in [0.25, 0.3) is 22.3 Å². The van der Waals surface area contributed by atoms with E-state index in [0.717, 1.165) is 106 Å². The van der Waals surface area contributed by atoms with E-state index in [1.165, 1.54) is 44.5 Å². The Labute approximate surface area is 512 Å². The van der Waals surface area contributed by atoms with Gasteiger partial charge in [0.2, 0.25) is 0 Å². The Bertz CT molecular complexity index is 3540. The number of nitrogens with zero attached hydrogens (tertiary/aromatic N) is 4. The largest absolute Gasteiger partial charge is 0.507 e. The molecule has 86 heavy (non-hydrogen) atoms. The van der Waals surface area contributed by atoms with Crippen molar-refractivity contribution in [1.29, 1.82) is 0 Å². The van der Waals surface area contributed by atoms with Gasteiger partial charge in [0, 0.05) is 98.2 Å². The van der Waals surface area contributed by atoms with Gasteiger partial charge >= 0.3 is 0 Å². The van der Waals surface area contributed by atoms with E-state index < -0.39 is 0 Å². The van der Waals surface area contributed by atoms with Crippen molar-refractivity contribution in [2.45, 2.75) is 169 Å². The maximum absolute atomic E-state index is 12.9. The standard InChI is InChI=1S/C78H88N4O4/c1-75(2,3)67-43-59-39-63-47-69(77(7,8)9)49-65-41-61-45-68(76(4,5)6)46-62(72(61)84)42-66-50-70(78(10,11)12)48-64(40-60(44-67)71(59)83)74(66)86-38-14-28-80-31-21-56(22-32-80)58-25-35-82(36-26-58)52-54-17-15-53(16-18-54)51-81-33-23-57(24-34-81)55-19-29-79(30-20-55)27-13-37-85-73(63)65/h15-26,29-36,43-50H,13-14,27-28,37-42,51-52H2,1-12H3/q+2/p+2. The number of aryl methyl sites for hydroxylation is 2. The molecule has 0 unspecified atom stereocenters. The predicted molar refractivity (Wildman–Crippen MR) is 345 cm³/mol. The molecular formula is C78H90N4O4+4. The number of phenolic OH excluding ortho intramolecular Hbond substituents is 2. The lowest BCUT2D eigenvalue weighted by Gasteiger charge is -2.28. The first kappa shape index (κ1) is 59.6. The Hall–Kier alpha value is -8.10. The maximum Gasteiger partial charge on any atom is 0.173 e. The topological polar surface area (TPSA) is 74.4 Å². The zero-order valence-corrected chi connectivity index (χ0v) is 53.2. The molecule has 8 nitrogen and oxygen atoms in total. The van der Waals surface area contributed by atoms with Gasteiger partial charge in [0.05, 0.1) is 13.2 Å². The van der Waals surface area contributed by atoms with Crippen LogP contribution in [0.3, 0.4) is 0 Å². The zero-order valence-electron chi connectivity index (χ0n) is 53.2. The van der Waals surface area contributed by atoms with Crippen LogP contribution in [0.4, 0.5) is 0 Å². The fourth-order valence-corrected chi connectivity index (χ4v) is 12.1. The number of hydrogen-bond donors (Lipinski definition) is 2. The molecule has 0 atom stereocenters. The molecule has 13 aliphatic rings. The molecule has 442 valence electrons. The van der Waals surface area contributed by atoms with Crippen LogP contribution in [-0.2, 0) is 73.5 Å². The summed E-state index contributed by atoms with van der Waals surface area (Å²) >= 11 is 0. The van der Waals surface area contributed by atoms with E-state index in [4.69, 9.17) is 9.47 Å². The third-order valence-corrected chi connectivity index (χ3v) is 17.6. The minimum absolute atomic E-state index is 0.203. The molecule has 22 rings (SSSR count). The lowest BCUT2D eigenvalue weighted by molar-refractivity contribution is -0.697. The van der Waals surface area contributed by atoms with Crippen molar-refractivity contribution < 1.29 is 38.0 Å². The third-order valence-electron chi connectivity index (χ3n) is 17.6. The van der Waals surface area contributed by atoms with E-state index in [1.54, 1.807) is 0 Å². The number of fused-ring (bicyclic) bond motifs is 1. The zero-order chi connectivity index (χ0) is 60.7. The second-order valence-electron chi connectivity index (χ2n) is 28.6. The molecule has 2 N–H and O–H groups in total. The fourth-order valence-electron chi connectivity index (χ4n) is 12.1. The Kier molecular flexibility index (Phi) is 16.6. The summed E-state index contributed by atoms with van der Waals surface area (Å²) in [5.74, 6) is 2.25. The van der Waals surface area contributed by atoms with Gasteiger partial charge in [0.1, 0.15) is 23.0 Å². The average Bonchev–Trinajstić information content (AvgIpc) is 0.940. The number of aromatic nitrogens is 4. The molecule has 0 radical (unpaired) electrons. The van der Waals surface area contributed by atoms with E-state index in [1.807, 2.05) is 0 Å². The van der Waals surface area contributed by atoms with Crippen LogP contribution in [-0.4, -0.2) is 23.4 Å². The van der Waals surface area contributed by atoms with Crippen LogP contribution in [0.15, 0.2) is 171 Å². The molecule has 0 amide bonds. The highest BCUT2D eigenvalue weighted by Crippen LogP contribution is 2.44. The summed E-state index contributed by atoms with van der Waals surface area (Å²) in [7, 11) is 0. The van der Waals surface area contributed by atoms with Gasteiger partial charge in [-0.25, -0.2) is 18.3 Å². The highest BCUT2D eigenvalue weighted by atomic mass is 16.5. The van der Waals surface area contributed by atoms with Gasteiger partial charge in [0.25, 0.3) is 0 Å². The van der Waals surface area contributed by atoms with E-state index in [9.17, 15) is 10.2 Å². The summed E-state index contributed by atoms with van der Waals surface area (Å²) in [5, 5.41) is 25.9. The quantitative estimate of drug-likeness (QED) is 0.148. The first-order valence-electron chi connectivity index (χ1n) is 31.2. The van der Waals surface area contributed by atoms with Crippen LogP contribution in [0.1, 0.15) is 174 Å². The minimum atomic E-state index is -0.211. The van der Waals surface area contributed by atoms with Crippen LogP contribution in [0.5, 0.6) is 23.0 Å². The van der Waals surface area contributed by atoms with Gasteiger partial charge in [-0.1, -0.05) is 156 Å². The van der Waals surface area contributed by atoms with E-state index >= 15 is 0 Å². The number of pyridine rings is 4. The smallest absolute Gasteiger partial charge is 0.173 e. The Balaban J connectivity index is 1.03. The molecule has 5 aromatic carbocycles. The summed E-state index contributed by atoms with van der Waals surface area (Å²) in [6.45, 7) is 31.2. The number of hydrogen-bond acceptors (Lipinski definition) is 4. The van der Waals surface area contributed by atoms with Crippen molar-refractivity contribution in [2.24, 2.45) is 0 Å². The van der Waals surface area contributed by atoms with Gasteiger partial charge in [0.15, 0.2) is 75.8 Å². The maximum atomic E-state index is 12.9. The second-order valence-corrected chi connectivity index (χ2v) is 28.6. The van der Waals surface area contributed by atoms with E-state index in [0.29, 0.717) is 50.4 Å². The van der Waals surface area contributed by atoms with Crippen LogP contribution in [0, 0.1) is 0 Å². The first-order valence-corrected chi connectivity index (χ1v) is 31.2. The lowest BCUT2D eigenvalue weighted by atomic mass is 9.79. The summed E-state index contributed by atoms with van der Waals surface area (Å²) < 4.78 is 23.3. The molecular weight excluding hydrogens is 1060 g/mol. The summed E-state index contributed by atoms with van der Waals surface area (Å²) in [5.41, 5.74) is 18.6. The average molecular weight is 1150 g/mol. The van der Waals surface area contributed by atoms with Crippen LogP contribution < -0.4 is 27.7 Å². The van der Waals surface area contributed by atoms with E-state index in [-0.39, 0.29) is 21.7 Å². The Morgan fingerprint density at radius 3 is 0.791 bits per heavy atom. The minimum Gasteiger partial charge on any atom is -0.507 e. The molecule has 16 heterocycles. The van der Waals surface area contributed by atoms with Gasteiger partial charge < -0.3 is 19.7 Å². The van der Waals surface area contributed by atoms with Crippen molar-refractivity contribution in [3.05, 3.63) is 249 Å². The molecule has 0 spiro atoms. The molecule has 0 saturated heterocycles. The van der Waals surface area contributed by atoms with Crippen molar-refractivity contribution >= 4 is 0 Å². The molecule has 12 aliphatic heterocycles. The summed E-state index contributed by atoms with van der Waals surface area (Å²) in [6.07, 6.45) is 20.7. The molecule has 20 bridgehead atoms. The van der Waals surface area contributed by atoms with Crippen LogP contribution in [0.2, 0.25) is 0 Å².